The van der Waals surface area contributed by atoms with Gasteiger partial charge in [0, 0.05) is 24.0 Å². The summed E-state index contributed by atoms with van der Waals surface area (Å²) in [6.07, 6.45) is 2.63. The SMILES string of the molecule is CC1=CN(CCc2ccc(F)cc2)C(c2ccccc2O)N=C1C. The van der Waals surface area contributed by atoms with Crippen LogP contribution in [0, 0.1) is 5.82 Å². The third-order valence-corrected chi connectivity index (χ3v) is 4.35. The number of nitrogens with zero attached hydrogens (tertiary/aromatic N) is 2. The summed E-state index contributed by atoms with van der Waals surface area (Å²) in [6, 6.07) is 13.9. The van der Waals surface area contributed by atoms with E-state index in [0.29, 0.717) is 0 Å². The van der Waals surface area contributed by atoms with Crippen molar-refractivity contribution in [1.29, 1.82) is 0 Å². The summed E-state index contributed by atoms with van der Waals surface area (Å²) < 4.78 is 13.0. The van der Waals surface area contributed by atoms with Gasteiger partial charge >= 0.3 is 0 Å². The van der Waals surface area contributed by atoms with Gasteiger partial charge in [0.2, 0.25) is 0 Å². The molecule has 0 bridgehead atoms. The molecule has 1 aliphatic rings. The number of hydrogen-bond acceptors (Lipinski definition) is 3. The van der Waals surface area contributed by atoms with Gasteiger partial charge in [0.1, 0.15) is 11.6 Å². The second kappa shape index (κ2) is 6.87. The van der Waals surface area contributed by atoms with Crippen molar-refractivity contribution < 1.29 is 9.50 Å². The average Bonchev–Trinajstić information content (AvgIpc) is 2.58. The summed E-state index contributed by atoms with van der Waals surface area (Å²) in [6.45, 7) is 4.75. The zero-order chi connectivity index (χ0) is 17.1. The van der Waals surface area contributed by atoms with Gasteiger partial charge in [0.15, 0.2) is 6.17 Å². The third-order valence-electron chi connectivity index (χ3n) is 4.35. The monoisotopic (exact) mass is 324 g/mol. The van der Waals surface area contributed by atoms with Gasteiger partial charge in [-0.05, 0) is 49.6 Å². The molecule has 24 heavy (non-hydrogen) atoms. The number of para-hydroxylation sites is 1. The van der Waals surface area contributed by atoms with Crippen LogP contribution in [0.2, 0.25) is 0 Å². The molecule has 1 heterocycles. The van der Waals surface area contributed by atoms with E-state index in [1.54, 1.807) is 18.2 Å². The Balaban J connectivity index is 1.83. The topological polar surface area (TPSA) is 35.8 Å². The highest BCUT2D eigenvalue weighted by atomic mass is 19.1. The Morgan fingerprint density at radius 3 is 2.50 bits per heavy atom. The molecule has 1 N–H and O–H groups in total. The predicted molar refractivity (Wildman–Crippen MR) is 94.5 cm³/mol. The van der Waals surface area contributed by atoms with Crippen molar-refractivity contribution in [3.63, 3.8) is 0 Å². The molecule has 0 fully saturated rings. The Morgan fingerprint density at radius 2 is 1.79 bits per heavy atom. The van der Waals surface area contributed by atoms with Crippen LogP contribution in [0.25, 0.3) is 0 Å². The minimum atomic E-state index is -0.240. The van der Waals surface area contributed by atoms with E-state index in [-0.39, 0.29) is 17.7 Å². The quantitative estimate of drug-likeness (QED) is 0.902. The van der Waals surface area contributed by atoms with E-state index >= 15 is 0 Å². The van der Waals surface area contributed by atoms with E-state index in [1.807, 2.05) is 32.0 Å². The van der Waals surface area contributed by atoms with Crippen LogP contribution in [0.3, 0.4) is 0 Å². The molecular weight excluding hydrogens is 303 g/mol. The fourth-order valence-electron chi connectivity index (χ4n) is 2.82. The van der Waals surface area contributed by atoms with E-state index < -0.39 is 0 Å². The summed E-state index contributed by atoms with van der Waals surface area (Å²) >= 11 is 0. The summed E-state index contributed by atoms with van der Waals surface area (Å²) in [5, 5.41) is 10.2. The van der Waals surface area contributed by atoms with Crippen molar-refractivity contribution in [3.05, 3.63) is 77.2 Å². The molecule has 0 aliphatic carbocycles. The number of aliphatic imine (C=N–C) groups is 1. The number of allylic oxidation sites excluding steroid dienone is 1. The summed E-state index contributed by atoms with van der Waals surface area (Å²) in [5.74, 6) is 0.0264. The Hall–Kier alpha value is -2.62. The summed E-state index contributed by atoms with van der Waals surface area (Å²) in [7, 11) is 0. The van der Waals surface area contributed by atoms with Crippen LogP contribution in [0.4, 0.5) is 4.39 Å². The van der Waals surface area contributed by atoms with E-state index in [9.17, 15) is 9.50 Å². The molecule has 2 aromatic carbocycles. The lowest BCUT2D eigenvalue weighted by molar-refractivity contribution is 0.278. The molecule has 0 spiro atoms. The minimum absolute atomic E-state index is 0.222. The lowest BCUT2D eigenvalue weighted by Gasteiger charge is -2.33. The largest absolute Gasteiger partial charge is 0.508 e. The highest BCUT2D eigenvalue weighted by molar-refractivity contribution is 5.98. The number of halogens is 1. The molecule has 1 atom stereocenters. The van der Waals surface area contributed by atoms with E-state index in [2.05, 4.69) is 11.1 Å². The number of hydrogen-bond donors (Lipinski definition) is 1. The van der Waals surface area contributed by atoms with Crippen LogP contribution in [0.15, 0.2) is 65.3 Å². The normalized spacial score (nSPS) is 17.5. The second-order valence-electron chi connectivity index (χ2n) is 6.07. The van der Waals surface area contributed by atoms with E-state index in [1.165, 1.54) is 12.1 Å². The lowest BCUT2D eigenvalue weighted by Crippen LogP contribution is -2.29. The highest BCUT2D eigenvalue weighted by Gasteiger charge is 2.23. The van der Waals surface area contributed by atoms with Crippen molar-refractivity contribution in [3.8, 4) is 5.75 Å². The van der Waals surface area contributed by atoms with Gasteiger partial charge in [-0.25, -0.2) is 4.39 Å². The molecule has 1 aliphatic heterocycles. The van der Waals surface area contributed by atoms with Gasteiger partial charge in [-0.1, -0.05) is 30.3 Å². The molecule has 0 saturated heterocycles. The minimum Gasteiger partial charge on any atom is -0.508 e. The lowest BCUT2D eigenvalue weighted by atomic mass is 10.1. The third kappa shape index (κ3) is 3.48. The first-order chi connectivity index (χ1) is 11.5. The Labute approximate surface area is 141 Å². The van der Waals surface area contributed by atoms with Gasteiger partial charge in [0.25, 0.3) is 0 Å². The van der Waals surface area contributed by atoms with Gasteiger partial charge < -0.3 is 10.0 Å². The van der Waals surface area contributed by atoms with E-state index in [0.717, 1.165) is 35.4 Å². The van der Waals surface area contributed by atoms with Crippen LogP contribution in [-0.2, 0) is 6.42 Å². The maximum Gasteiger partial charge on any atom is 0.150 e. The number of phenolic OH excluding ortho intramolecular Hbond substituents is 1. The Bertz CT molecular complexity index is 780. The van der Waals surface area contributed by atoms with Crippen molar-refractivity contribution >= 4 is 5.71 Å². The molecule has 0 amide bonds. The summed E-state index contributed by atoms with van der Waals surface area (Å²) in [4.78, 5) is 6.88. The van der Waals surface area contributed by atoms with Crippen molar-refractivity contribution in [2.45, 2.75) is 26.4 Å². The Morgan fingerprint density at radius 1 is 1.08 bits per heavy atom. The van der Waals surface area contributed by atoms with E-state index in [4.69, 9.17) is 4.99 Å². The van der Waals surface area contributed by atoms with Crippen LogP contribution < -0.4 is 0 Å². The molecule has 0 saturated carbocycles. The number of aromatic hydroxyl groups is 1. The van der Waals surface area contributed by atoms with Crippen molar-refractivity contribution in [1.82, 2.24) is 4.90 Å². The molecule has 3 nitrogen and oxygen atoms in total. The Kier molecular flexibility index (Phi) is 4.65. The highest BCUT2D eigenvalue weighted by Crippen LogP contribution is 2.33. The standard InChI is InChI=1S/C20H21FN2O/c1-14-13-23(12-11-16-7-9-17(21)10-8-16)20(22-15(14)2)18-5-3-4-6-19(18)24/h3-10,13,20,24H,11-12H2,1-2H3. The van der Waals surface area contributed by atoms with Crippen LogP contribution in [-0.4, -0.2) is 22.3 Å². The van der Waals surface area contributed by atoms with Crippen molar-refractivity contribution in [2.24, 2.45) is 4.99 Å². The molecular formula is C20H21FN2O. The molecule has 1 unspecified atom stereocenters. The van der Waals surface area contributed by atoms with Gasteiger partial charge in [-0.2, -0.15) is 0 Å². The van der Waals surface area contributed by atoms with Gasteiger partial charge in [-0.15, -0.1) is 0 Å². The van der Waals surface area contributed by atoms with Crippen molar-refractivity contribution in [2.75, 3.05) is 6.54 Å². The molecule has 3 rings (SSSR count). The molecule has 2 aromatic rings. The number of benzene rings is 2. The zero-order valence-electron chi connectivity index (χ0n) is 13.9. The average molecular weight is 324 g/mol. The van der Waals surface area contributed by atoms with Crippen LogP contribution >= 0.6 is 0 Å². The fourth-order valence-corrected chi connectivity index (χ4v) is 2.82. The number of rotatable bonds is 4. The maximum atomic E-state index is 13.0. The van der Waals surface area contributed by atoms with Crippen LogP contribution in [0.1, 0.15) is 31.1 Å². The predicted octanol–water partition coefficient (Wildman–Crippen LogP) is 4.45. The fraction of sp³-hybridized carbons (Fsp3) is 0.250. The second-order valence-corrected chi connectivity index (χ2v) is 6.07. The van der Waals surface area contributed by atoms with Crippen LogP contribution in [0.5, 0.6) is 5.75 Å². The van der Waals surface area contributed by atoms with Gasteiger partial charge in [0.05, 0.1) is 0 Å². The molecule has 4 heteroatoms. The number of phenols is 1. The first-order valence-electron chi connectivity index (χ1n) is 8.06. The molecule has 0 aromatic heterocycles. The maximum absolute atomic E-state index is 13.0. The zero-order valence-corrected chi connectivity index (χ0v) is 13.9. The summed E-state index contributed by atoms with van der Waals surface area (Å²) in [5.41, 5.74) is 3.95. The van der Waals surface area contributed by atoms with Gasteiger partial charge in [-0.3, -0.25) is 4.99 Å². The first-order valence-corrected chi connectivity index (χ1v) is 8.06. The molecule has 124 valence electrons. The molecule has 0 radical (unpaired) electrons. The first kappa shape index (κ1) is 16.2. The smallest absolute Gasteiger partial charge is 0.150 e.